The van der Waals surface area contributed by atoms with Crippen molar-refractivity contribution in [2.45, 2.75) is 62.8 Å². The Labute approximate surface area is 142 Å². The lowest BCUT2D eigenvalue weighted by molar-refractivity contribution is -0.0632. The highest BCUT2D eigenvalue weighted by Crippen LogP contribution is 2.37. The first-order valence-corrected chi connectivity index (χ1v) is 9.03. The number of carbonyl (C=O) groups is 1. The molecule has 4 rings (SSSR count). The summed E-state index contributed by atoms with van der Waals surface area (Å²) in [7, 11) is 0. The summed E-state index contributed by atoms with van der Waals surface area (Å²) in [5.74, 6) is 1.05. The molecular weight excluding hydrogens is 306 g/mol. The van der Waals surface area contributed by atoms with Crippen LogP contribution in [0.4, 0.5) is 10.6 Å². The van der Waals surface area contributed by atoms with Gasteiger partial charge in [-0.15, -0.1) is 0 Å². The highest BCUT2D eigenvalue weighted by molar-refractivity contribution is 5.66. The normalized spacial score (nSPS) is 30.6. The Bertz CT molecular complexity index is 560. The van der Waals surface area contributed by atoms with Crippen LogP contribution in [-0.4, -0.2) is 58.5 Å². The van der Waals surface area contributed by atoms with Crippen molar-refractivity contribution in [2.24, 2.45) is 0 Å². The van der Waals surface area contributed by atoms with Gasteiger partial charge in [0.15, 0.2) is 0 Å². The van der Waals surface area contributed by atoms with E-state index in [9.17, 15) is 9.90 Å². The van der Waals surface area contributed by atoms with Crippen LogP contribution < -0.4 is 4.90 Å². The molecule has 0 spiro atoms. The molecule has 3 fully saturated rings. The lowest BCUT2D eigenvalue weighted by Gasteiger charge is -2.40. The van der Waals surface area contributed by atoms with Gasteiger partial charge < -0.3 is 19.6 Å². The van der Waals surface area contributed by atoms with Crippen LogP contribution in [0, 0.1) is 0 Å². The van der Waals surface area contributed by atoms with Crippen molar-refractivity contribution in [3.05, 3.63) is 24.4 Å². The molecule has 3 atom stereocenters. The van der Waals surface area contributed by atoms with Gasteiger partial charge in [0.2, 0.25) is 0 Å². The molecule has 6 nitrogen and oxygen atoms in total. The van der Waals surface area contributed by atoms with Gasteiger partial charge in [0.25, 0.3) is 0 Å². The summed E-state index contributed by atoms with van der Waals surface area (Å²) in [5, 5.41) is 9.34. The molecule has 0 radical (unpaired) electrons. The van der Waals surface area contributed by atoms with Gasteiger partial charge in [-0.25, -0.2) is 9.78 Å². The third kappa shape index (κ3) is 3.07. The summed E-state index contributed by atoms with van der Waals surface area (Å²) >= 11 is 0. The van der Waals surface area contributed by atoms with Crippen molar-refractivity contribution < 1.29 is 14.6 Å². The third-order valence-corrected chi connectivity index (χ3v) is 5.71. The van der Waals surface area contributed by atoms with E-state index in [1.807, 2.05) is 18.3 Å². The summed E-state index contributed by atoms with van der Waals surface area (Å²) in [4.78, 5) is 19.8. The first-order chi connectivity index (χ1) is 11.7. The average Bonchev–Trinajstić information content (AvgIpc) is 2.88. The number of ether oxygens (including phenoxy) is 1. The number of piperidine rings is 2. The molecule has 130 valence electrons. The van der Waals surface area contributed by atoms with Gasteiger partial charge in [-0.2, -0.15) is 0 Å². The molecule has 3 saturated heterocycles. The minimum atomic E-state index is -0.760. The summed E-state index contributed by atoms with van der Waals surface area (Å²) < 4.78 is 6.36. The highest BCUT2D eigenvalue weighted by Gasteiger charge is 2.44. The van der Waals surface area contributed by atoms with E-state index in [2.05, 4.69) is 16.0 Å². The molecule has 3 aliphatic rings. The molecule has 1 aromatic rings. The molecule has 6 heteroatoms. The standard InChI is InChI=1S/C18H25N3O3/c22-18(23)21-13-4-5-14(21)12-16(11-13)24-15-6-9-20(10-7-15)17-3-1-2-8-19-17/h1-3,8,13-16H,4-7,9-12H2,(H,22,23)/t13-,14+,16+. The Morgan fingerprint density at radius 1 is 1.08 bits per heavy atom. The molecule has 24 heavy (non-hydrogen) atoms. The van der Waals surface area contributed by atoms with Crippen LogP contribution in [0.15, 0.2) is 24.4 Å². The molecule has 0 aromatic carbocycles. The second kappa shape index (κ2) is 6.59. The maximum atomic E-state index is 11.4. The van der Waals surface area contributed by atoms with Crippen LogP contribution in [0.25, 0.3) is 0 Å². The number of rotatable bonds is 3. The molecule has 3 aliphatic heterocycles. The lowest BCUT2D eigenvalue weighted by atomic mass is 9.99. The Hall–Kier alpha value is -1.82. The number of nitrogens with zero attached hydrogens (tertiary/aromatic N) is 3. The maximum Gasteiger partial charge on any atom is 0.407 e. The van der Waals surface area contributed by atoms with Crippen LogP contribution in [0.2, 0.25) is 0 Å². The molecule has 0 unspecified atom stereocenters. The second-order valence-electron chi connectivity index (χ2n) is 7.18. The first kappa shape index (κ1) is 15.7. The van der Waals surface area contributed by atoms with Crippen LogP contribution in [0.3, 0.4) is 0 Å². The monoisotopic (exact) mass is 331 g/mol. The van der Waals surface area contributed by atoms with Crippen LogP contribution in [-0.2, 0) is 4.74 Å². The van der Waals surface area contributed by atoms with E-state index >= 15 is 0 Å². The summed E-state index contributed by atoms with van der Waals surface area (Å²) in [6.07, 6.45) is 7.36. The summed E-state index contributed by atoms with van der Waals surface area (Å²) in [6.45, 7) is 1.95. The van der Waals surface area contributed by atoms with E-state index in [4.69, 9.17) is 4.74 Å². The highest BCUT2D eigenvalue weighted by atomic mass is 16.5. The Morgan fingerprint density at radius 3 is 2.38 bits per heavy atom. The minimum Gasteiger partial charge on any atom is -0.465 e. The Balaban J connectivity index is 1.29. The minimum absolute atomic E-state index is 0.167. The lowest BCUT2D eigenvalue weighted by Crippen LogP contribution is -2.49. The average molecular weight is 331 g/mol. The van der Waals surface area contributed by atoms with Gasteiger partial charge in [-0.05, 0) is 50.7 Å². The fraction of sp³-hybridized carbons (Fsp3) is 0.667. The summed E-state index contributed by atoms with van der Waals surface area (Å²) in [6, 6.07) is 6.36. The fourth-order valence-corrected chi connectivity index (χ4v) is 4.58. The Kier molecular flexibility index (Phi) is 4.31. The molecule has 1 aromatic heterocycles. The molecular formula is C18H25N3O3. The van der Waals surface area contributed by atoms with Crippen molar-refractivity contribution in [1.82, 2.24) is 9.88 Å². The number of hydrogen-bond acceptors (Lipinski definition) is 4. The number of hydrogen-bond donors (Lipinski definition) is 1. The van der Waals surface area contributed by atoms with Crippen molar-refractivity contribution in [3.63, 3.8) is 0 Å². The number of anilines is 1. The molecule has 1 amide bonds. The predicted molar refractivity (Wildman–Crippen MR) is 90.3 cm³/mol. The van der Waals surface area contributed by atoms with Gasteiger partial charge >= 0.3 is 6.09 Å². The van der Waals surface area contributed by atoms with Crippen molar-refractivity contribution in [3.8, 4) is 0 Å². The number of fused-ring (bicyclic) bond motifs is 2. The van der Waals surface area contributed by atoms with E-state index < -0.39 is 6.09 Å². The largest absolute Gasteiger partial charge is 0.465 e. The van der Waals surface area contributed by atoms with E-state index in [1.54, 1.807) is 4.90 Å². The van der Waals surface area contributed by atoms with Crippen molar-refractivity contribution in [2.75, 3.05) is 18.0 Å². The summed E-state index contributed by atoms with van der Waals surface area (Å²) in [5.41, 5.74) is 0. The SMILES string of the molecule is O=C(O)N1[C@@H]2CC[C@H]1C[C@@H](OC1CCN(c3ccccn3)CC1)C2. The number of pyridine rings is 1. The molecule has 0 aliphatic carbocycles. The van der Waals surface area contributed by atoms with Gasteiger partial charge in [-0.3, -0.25) is 0 Å². The Morgan fingerprint density at radius 2 is 1.79 bits per heavy atom. The molecule has 1 N–H and O–H groups in total. The molecule has 2 bridgehead atoms. The zero-order valence-corrected chi connectivity index (χ0v) is 13.9. The molecule has 4 heterocycles. The van der Waals surface area contributed by atoms with Gasteiger partial charge in [0.05, 0.1) is 12.2 Å². The van der Waals surface area contributed by atoms with E-state index in [-0.39, 0.29) is 18.2 Å². The topological polar surface area (TPSA) is 65.9 Å². The third-order valence-electron chi connectivity index (χ3n) is 5.71. The molecule has 0 saturated carbocycles. The zero-order chi connectivity index (χ0) is 16.5. The van der Waals surface area contributed by atoms with Crippen LogP contribution in [0.5, 0.6) is 0 Å². The number of carboxylic acid groups (broad SMARTS) is 1. The zero-order valence-electron chi connectivity index (χ0n) is 13.9. The quantitative estimate of drug-likeness (QED) is 0.922. The van der Waals surface area contributed by atoms with Crippen molar-refractivity contribution >= 4 is 11.9 Å². The second-order valence-corrected chi connectivity index (χ2v) is 7.18. The maximum absolute atomic E-state index is 11.4. The number of aromatic nitrogens is 1. The van der Waals surface area contributed by atoms with Crippen LogP contribution in [0.1, 0.15) is 38.5 Å². The number of amides is 1. The smallest absolute Gasteiger partial charge is 0.407 e. The van der Waals surface area contributed by atoms with Gasteiger partial charge in [0, 0.05) is 31.4 Å². The van der Waals surface area contributed by atoms with Gasteiger partial charge in [0.1, 0.15) is 5.82 Å². The predicted octanol–water partition coefficient (Wildman–Crippen LogP) is 2.74. The fourth-order valence-electron chi connectivity index (χ4n) is 4.58. The van der Waals surface area contributed by atoms with E-state index in [0.29, 0.717) is 6.10 Å². The van der Waals surface area contributed by atoms with Crippen LogP contribution >= 0.6 is 0 Å². The van der Waals surface area contributed by atoms with Gasteiger partial charge in [-0.1, -0.05) is 6.07 Å². The first-order valence-electron chi connectivity index (χ1n) is 9.03. The van der Waals surface area contributed by atoms with E-state index in [1.165, 1.54) is 0 Å². The van der Waals surface area contributed by atoms with Crippen molar-refractivity contribution in [1.29, 1.82) is 0 Å². The van der Waals surface area contributed by atoms with E-state index in [0.717, 1.165) is 57.4 Å².